The molecule has 3 aromatic carbocycles. The van der Waals surface area contributed by atoms with Crippen molar-refractivity contribution in [2.45, 2.75) is 32.6 Å². The maximum atomic E-state index is 14.0. The highest BCUT2D eigenvalue weighted by Gasteiger charge is 2.62. The Hall–Kier alpha value is -3.44. The van der Waals surface area contributed by atoms with Gasteiger partial charge in [0.2, 0.25) is 11.8 Å². The van der Waals surface area contributed by atoms with Gasteiger partial charge in [0.1, 0.15) is 11.2 Å². The molecule has 0 bridgehead atoms. The zero-order valence-electron chi connectivity index (χ0n) is 18.5. The van der Waals surface area contributed by atoms with Crippen molar-refractivity contribution in [2.24, 2.45) is 5.92 Å². The van der Waals surface area contributed by atoms with Crippen molar-refractivity contribution in [1.29, 1.82) is 0 Å². The van der Waals surface area contributed by atoms with E-state index >= 15 is 0 Å². The highest BCUT2D eigenvalue weighted by Crippen LogP contribution is 2.53. The second kappa shape index (κ2) is 7.56. The number of aryl methyl sites for hydroxylation is 3. The molecule has 0 radical (unpaired) electrons. The Kier molecular flexibility index (Phi) is 4.91. The van der Waals surface area contributed by atoms with Gasteiger partial charge in [0.05, 0.1) is 11.6 Å². The Balaban J connectivity index is 1.73. The van der Waals surface area contributed by atoms with E-state index in [9.17, 15) is 14.4 Å². The van der Waals surface area contributed by atoms with Crippen molar-refractivity contribution in [1.82, 2.24) is 0 Å². The van der Waals surface area contributed by atoms with Crippen molar-refractivity contribution >= 4 is 35.1 Å². The van der Waals surface area contributed by atoms with E-state index in [-0.39, 0.29) is 12.3 Å². The molecule has 33 heavy (non-hydrogen) atoms. The van der Waals surface area contributed by atoms with Gasteiger partial charge < -0.3 is 4.74 Å². The number of hydrogen-bond acceptors (Lipinski definition) is 4. The molecule has 2 aliphatic rings. The standard InChI is InChI=1S/C27H22ClNO4/c1-15-11-16(2)24(17(3)12-15)29-23(30)14-21(25(29)31)27(18-7-5-4-6-8-18)20-13-19(28)9-10-22(20)33-26(27)32/h4-13,21H,14H2,1-3H3/t21-,27+/m1/s1. The van der Waals surface area contributed by atoms with Crippen molar-refractivity contribution in [3.8, 4) is 5.75 Å². The Bertz CT molecular complexity index is 1310. The van der Waals surface area contributed by atoms with Gasteiger partial charge in [-0.3, -0.25) is 14.4 Å². The molecule has 2 amide bonds. The monoisotopic (exact) mass is 459 g/mol. The number of ether oxygens (including phenoxy) is 1. The van der Waals surface area contributed by atoms with Crippen LogP contribution in [0.4, 0.5) is 5.69 Å². The number of halogens is 1. The largest absolute Gasteiger partial charge is 0.425 e. The molecule has 2 atom stereocenters. The minimum atomic E-state index is -1.46. The molecule has 3 aromatic rings. The molecule has 166 valence electrons. The van der Waals surface area contributed by atoms with E-state index in [2.05, 4.69) is 0 Å². The van der Waals surface area contributed by atoms with Gasteiger partial charge in [0, 0.05) is 17.0 Å². The predicted octanol–water partition coefficient (Wildman–Crippen LogP) is 5.05. The third kappa shape index (κ3) is 3.03. The summed E-state index contributed by atoms with van der Waals surface area (Å²) in [6.45, 7) is 5.74. The number of rotatable bonds is 3. The van der Waals surface area contributed by atoms with Crippen molar-refractivity contribution in [3.05, 3.63) is 93.5 Å². The smallest absolute Gasteiger partial charge is 0.327 e. The zero-order chi connectivity index (χ0) is 23.5. The Morgan fingerprint density at radius 1 is 0.939 bits per heavy atom. The number of imide groups is 1. The molecule has 2 aliphatic heterocycles. The summed E-state index contributed by atoms with van der Waals surface area (Å²) in [6, 6.07) is 17.9. The van der Waals surface area contributed by atoms with E-state index in [4.69, 9.17) is 16.3 Å². The van der Waals surface area contributed by atoms with E-state index in [0.29, 0.717) is 27.6 Å². The van der Waals surface area contributed by atoms with Gasteiger partial charge >= 0.3 is 5.97 Å². The molecular weight excluding hydrogens is 438 g/mol. The third-order valence-corrected chi connectivity index (χ3v) is 6.88. The van der Waals surface area contributed by atoms with Crippen LogP contribution in [0.3, 0.4) is 0 Å². The fourth-order valence-electron chi connectivity index (χ4n) is 5.43. The normalized spacial score (nSPS) is 22.0. The molecule has 1 fully saturated rings. The second-order valence-electron chi connectivity index (χ2n) is 8.78. The number of amides is 2. The summed E-state index contributed by atoms with van der Waals surface area (Å²) >= 11 is 6.31. The lowest BCUT2D eigenvalue weighted by Crippen LogP contribution is -2.46. The Labute approximate surface area is 196 Å². The highest BCUT2D eigenvalue weighted by molar-refractivity contribution is 6.31. The summed E-state index contributed by atoms with van der Waals surface area (Å²) in [5, 5.41) is 0.422. The van der Waals surface area contributed by atoms with E-state index in [1.165, 1.54) is 4.90 Å². The molecule has 5 nitrogen and oxygen atoms in total. The maximum absolute atomic E-state index is 14.0. The number of hydrogen-bond donors (Lipinski definition) is 0. The molecule has 2 heterocycles. The lowest BCUT2D eigenvalue weighted by molar-refractivity contribution is -0.141. The second-order valence-corrected chi connectivity index (χ2v) is 9.21. The van der Waals surface area contributed by atoms with Crippen LogP contribution < -0.4 is 9.64 Å². The molecule has 5 rings (SSSR count). The van der Waals surface area contributed by atoms with Crippen LogP contribution in [-0.2, 0) is 19.8 Å². The van der Waals surface area contributed by atoms with E-state index in [1.54, 1.807) is 42.5 Å². The van der Waals surface area contributed by atoms with Gasteiger partial charge in [-0.05, 0) is 55.7 Å². The van der Waals surface area contributed by atoms with E-state index in [0.717, 1.165) is 16.7 Å². The topological polar surface area (TPSA) is 63.7 Å². The lowest BCUT2D eigenvalue weighted by Gasteiger charge is -2.31. The van der Waals surface area contributed by atoms with Crippen molar-refractivity contribution in [2.75, 3.05) is 4.90 Å². The lowest BCUT2D eigenvalue weighted by atomic mass is 9.66. The molecule has 6 heteroatoms. The molecule has 0 aromatic heterocycles. The van der Waals surface area contributed by atoms with Gasteiger partial charge in [-0.1, -0.05) is 59.6 Å². The summed E-state index contributed by atoms with van der Waals surface area (Å²) in [5.74, 6) is -1.92. The number of nitrogens with zero attached hydrogens (tertiary/aromatic N) is 1. The van der Waals surface area contributed by atoms with Crippen molar-refractivity contribution < 1.29 is 19.1 Å². The molecule has 0 aliphatic carbocycles. The van der Waals surface area contributed by atoms with Gasteiger partial charge in [0.25, 0.3) is 0 Å². The van der Waals surface area contributed by atoms with Gasteiger partial charge in [0.15, 0.2) is 0 Å². The predicted molar refractivity (Wildman–Crippen MR) is 126 cm³/mol. The number of benzene rings is 3. The Morgan fingerprint density at radius 2 is 1.61 bits per heavy atom. The first-order chi connectivity index (χ1) is 15.7. The van der Waals surface area contributed by atoms with Crippen LogP contribution in [0.25, 0.3) is 0 Å². The molecule has 0 unspecified atom stereocenters. The van der Waals surface area contributed by atoms with Gasteiger partial charge in [-0.2, -0.15) is 0 Å². The van der Waals surface area contributed by atoms with Crippen LogP contribution in [0.5, 0.6) is 5.75 Å². The van der Waals surface area contributed by atoms with Crippen LogP contribution in [0, 0.1) is 26.7 Å². The first-order valence-electron chi connectivity index (χ1n) is 10.8. The number of fused-ring (bicyclic) bond motifs is 1. The number of carbonyl (C=O) groups excluding carboxylic acids is 3. The van der Waals surface area contributed by atoms with Gasteiger partial charge in [-0.15, -0.1) is 0 Å². The highest BCUT2D eigenvalue weighted by atomic mass is 35.5. The van der Waals surface area contributed by atoms with Crippen LogP contribution in [-0.4, -0.2) is 17.8 Å². The zero-order valence-corrected chi connectivity index (χ0v) is 19.3. The summed E-state index contributed by atoms with van der Waals surface area (Å²) in [4.78, 5) is 42.1. The molecule has 0 spiro atoms. The first kappa shape index (κ1) is 21.4. The first-order valence-corrected chi connectivity index (χ1v) is 11.2. The molecule has 1 saturated heterocycles. The van der Waals surface area contributed by atoms with E-state index < -0.39 is 23.2 Å². The maximum Gasteiger partial charge on any atom is 0.327 e. The molecule has 0 saturated carbocycles. The number of esters is 1. The Morgan fingerprint density at radius 3 is 2.27 bits per heavy atom. The average Bonchev–Trinajstić information content (AvgIpc) is 3.21. The molecule has 0 N–H and O–H groups in total. The van der Waals surface area contributed by atoms with Crippen molar-refractivity contribution in [3.63, 3.8) is 0 Å². The summed E-state index contributed by atoms with van der Waals surface area (Å²) < 4.78 is 5.65. The fraction of sp³-hybridized carbons (Fsp3) is 0.222. The molecular formula is C27H22ClNO4. The SMILES string of the molecule is Cc1cc(C)c(N2C(=O)C[C@@H]([C@@]3(c4ccccc4)C(=O)Oc4ccc(Cl)cc43)C2=O)c(C)c1. The summed E-state index contributed by atoms with van der Waals surface area (Å²) in [5.41, 5.74) is 2.95. The van der Waals surface area contributed by atoms with Crippen LogP contribution in [0.15, 0.2) is 60.7 Å². The number of anilines is 1. The van der Waals surface area contributed by atoms with E-state index in [1.807, 2.05) is 39.0 Å². The fourth-order valence-corrected chi connectivity index (χ4v) is 5.60. The minimum absolute atomic E-state index is 0.110. The van der Waals surface area contributed by atoms with Crippen LogP contribution in [0.1, 0.15) is 34.2 Å². The summed E-state index contributed by atoms with van der Waals surface area (Å²) in [7, 11) is 0. The average molecular weight is 460 g/mol. The number of carbonyl (C=O) groups is 3. The minimum Gasteiger partial charge on any atom is -0.425 e. The van der Waals surface area contributed by atoms with Crippen LogP contribution >= 0.6 is 11.6 Å². The van der Waals surface area contributed by atoms with Gasteiger partial charge in [-0.25, -0.2) is 4.90 Å². The third-order valence-electron chi connectivity index (χ3n) is 6.65. The van der Waals surface area contributed by atoms with Crippen LogP contribution in [0.2, 0.25) is 5.02 Å². The quantitative estimate of drug-likeness (QED) is 0.312. The summed E-state index contributed by atoms with van der Waals surface area (Å²) in [6.07, 6.45) is -0.110.